The molecule has 0 radical (unpaired) electrons. The number of ether oxygens (including phenoxy) is 6. The van der Waals surface area contributed by atoms with Crippen LogP contribution in [0.15, 0.2) is 21.9 Å². The molecule has 18 nitrogen and oxygen atoms in total. The van der Waals surface area contributed by atoms with Gasteiger partial charge in [-0.1, -0.05) is 0 Å². The number of aromatic amines is 1. The Bertz CT molecular complexity index is 1450. The first-order valence-electron chi connectivity index (χ1n) is 14.9. The molecule has 3 N–H and O–H groups in total. The molecule has 4 saturated heterocycles. The molecule has 1 aromatic heterocycles. The van der Waals surface area contributed by atoms with Crippen molar-refractivity contribution < 1.29 is 65.9 Å². The molecule has 11 atom stereocenters. The Kier molecular flexibility index (Phi) is 10.6. The quantitative estimate of drug-likeness (QED) is 0.244. The van der Waals surface area contributed by atoms with E-state index < -0.39 is 106 Å². The number of hydrogen-bond donors (Lipinski definition) is 3. The zero-order chi connectivity index (χ0) is 33.7. The van der Waals surface area contributed by atoms with Gasteiger partial charge in [0, 0.05) is 12.3 Å². The van der Waals surface area contributed by atoms with E-state index in [2.05, 4.69) is 0 Å². The van der Waals surface area contributed by atoms with Crippen LogP contribution in [0.5, 0.6) is 0 Å². The molecule has 262 valence electrons. The predicted molar refractivity (Wildman–Crippen MR) is 155 cm³/mol. The van der Waals surface area contributed by atoms with Crippen molar-refractivity contribution >= 4 is 15.2 Å². The molecule has 4 fully saturated rings. The first-order valence-corrected chi connectivity index (χ1v) is 18.4. The van der Waals surface area contributed by atoms with Gasteiger partial charge in [-0.15, -0.1) is 0 Å². The minimum atomic E-state index is -4.27. The zero-order valence-electron chi connectivity index (χ0n) is 26.3. The molecule has 4 aliphatic rings. The normalized spacial score (nSPS) is 37.3. The summed E-state index contributed by atoms with van der Waals surface area (Å²) in [5, 5.41) is 21.1. The van der Waals surface area contributed by atoms with E-state index in [0.717, 1.165) is 16.8 Å². The number of aliphatic hydroxyl groups is 2. The molecule has 1 aromatic rings. The third-order valence-electron chi connectivity index (χ3n) is 7.58. The average molecular weight is 701 g/mol. The van der Waals surface area contributed by atoms with Crippen molar-refractivity contribution in [1.82, 2.24) is 9.55 Å². The summed E-state index contributed by atoms with van der Waals surface area (Å²) in [6, 6.07) is 1.04. The molecule has 5 heterocycles. The molecule has 0 saturated carbocycles. The Hall–Kier alpha value is -1.34. The van der Waals surface area contributed by atoms with E-state index in [1.54, 1.807) is 41.5 Å². The molecule has 0 aliphatic carbocycles. The Labute approximate surface area is 264 Å². The van der Waals surface area contributed by atoms with Gasteiger partial charge in [0.15, 0.2) is 30.0 Å². The van der Waals surface area contributed by atoms with Crippen molar-refractivity contribution in [3.8, 4) is 0 Å². The molecular weight excluding hydrogens is 658 g/mol. The molecule has 2 unspecified atom stereocenters. The van der Waals surface area contributed by atoms with Crippen molar-refractivity contribution in [1.29, 1.82) is 0 Å². The summed E-state index contributed by atoms with van der Waals surface area (Å²) in [5.74, 6) is -2.73. The lowest BCUT2D eigenvalue weighted by Crippen LogP contribution is -2.56. The summed E-state index contributed by atoms with van der Waals surface area (Å²) in [4.78, 5) is 25.7. The van der Waals surface area contributed by atoms with Gasteiger partial charge in [-0.3, -0.25) is 23.5 Å². The fourth-order valence-electron chi connectivity index (χ4n) is 5.77. The van der Waals surface area contributed by atoms with Crippen LogP contribution in [-0.2, 0) is 55.6 Å². The van der Waals surface area contributed by atoms with Gasteiger partial charge in [0.1, 0.15) is 42.7 Å². The first kappa shape index (κ1) is 36.0. The van der Waals surface area contributed by atoms with Crippen LogP contribution >= 0.6 is 15.2 Å². The van der Waals surface area contributed by atoms with Gasteiger partial charge in [0.05, 0.1) is 26.4 Å². The molecule has 46 heavy (non-hydrogen) atoms. The van der Waals surface area contributed by atoms with Crippen molar-refractivity contribution in [2.75, 3.05) is 32.3 Å². The maximum Gasteiger partial charge on any atom is 0.342 e. The number of fused-ring (bicyclic) bond motifs is 3. The lowest BCUT2D eigenvalue weighted by molar-refractivity contribution is -0.238. The predicted octanol–water partition coefficient (Wildman–Crippen LogP) is 1.00. The van der Waals surface area contributed by atoms with E-state index in [9.17, 15) is 28.9 Å². The monoisotopic (exact) mass is 700 g/mol. The van der Waals surface area contributed by atoms with Gasteiger partial charge in [0.2, 0.25) is 0 Å². The number of hydrogen-bond acceptors (Lipinski definition) is 16. The number of aromatic nitrogens is 2. The number of aliphatic hydroxyl groups excluding tert-OH is 2. The van der Waals surface area contributed by atoms with Gasteiger partial charge in [-0.05, 0) is 41.5 Å². The molecule has 0 spiro atoms. The number of nitrogens with one attached hydrogen (secondary N) is 1. The highest BCUT2D eigenvalue weighted by atomic mass is 31.2. The van der Waals surface area contributed by atoms with Crippen molar-refractivity contribution in [3.63, 3.8) is 0 Å². The van der Waals surface area contributed by atoms with E-state index >= 15 is 0 Å². The molecule has 0 aromatic carbocycles. The van der Waals surface area contributed by atoms with Crippen LogP contribution in [0.25, 0.3) is 0 Å². The van der Waals surface area contributed by atoms with Crippen molar-refractivity contribution in [2.24, 2.45) is 0 Å². The average Bonchev–Trinajstić information content (AvgIpc) is 3.55. The lowest BCUT2D eigenvalue weighted by Gasteiger charge is -2.37. The standard InChI is InChI=1S/C26H42N2O16P2/c1-7-35-45(33,37-11-14-17(30)18(31)22(39-14)28-10-9-16(29)27-24(28)32)13-46(34,36-8-2)38-12-15-19-20(42-25(3,4)41-19)21-23(40-15)44-26(5,6)43-21/h9-10,14-15,17-23,30-31H,7-8,11-13H2,1-6H3,(H,27,29,32)/t14-,15-,17-,18-,19+,20+,21-,22-,23-,45?,46?/m1/s1. The second-order valence-corrected chi connectivity index (χ2v) is 16.7. The summed E-state index contributed by atoms with van der Waals surface area (Å²) >= 11 is 0. The lowest BCUT2D eigenvalue weighted by atomic mass is 9.99. The van der Waals surface area contributed by atoms with E-state index in [4.69, 9.17) is 46.5 Å². The summed E-state index contributed by atoms with van der Waals surface area (Å²) in [7, 11) is -8.48. The SMILES string of the molecule is CCOP(=O)(CP(=O)(OCC)OC[C@H]1O[C@@H]2OC(C)(C)O[C@@H]2[C@H]2OC(C)(C)O[C@H]21)OC[C@H]1O[C@@H](n2ccc(=O)[nH]c2=O)[C@H](O)[C@@H]1O. The third kappa shape index (κ3) is 7.76. The van der Waals surface area contributed by atoms with Crippen LogP contribution in [0.2, 0.25) is 0 Å². The van der Waals surface area contributed by atoms with E-state index in [1.165, 1.54) is 0 Å². The first-order chi connectivity index (χ1) is 21.5. The van der Waals surface area contributed by atoms with Crippen LogP contribution in [0.4, 0.5) is 0 Å². The molecular formula is C26H42N2O16P2. The molecule has 5 rings (SSSR count). The Morgan fingerprint density at radius 1 is 0.804 bits per heavy atom. The summed E-state index contributed by atoms with van der Waals surface area (Å²) in [6.07, 6.45) is -8.29. The van der Waals surface area contributed by atoms with Gasteiger partial charge in [0.25, 0.3) is 5.56 Å². The number of H-pyrrole nitrogens is 1. The summed E-state index contributed by atoms with van der Waals surface area (Å²) in [5.41, 5.74) is -1.54. The fourth-order valence-corrected chi connectivity index (χ4v) is 10.5. The molecule has 4 aliphatic heterocycles. The highest BCUT2D eigenvalue weighted by Gasteiger charge is 2.61. The highest BCUT2D eigenvalue weighted by Crippen LogP contribution is 2.64. The Balaban J connectivity index is 1.26. The van der Waals surface area contributed by atoms with Crippen LogP contribution in [0, 0.1) is 0 Å². The summed E-state index contributed by atoms with van der Waals surface area (Å²) in [6.45, 7) is 8.97. The second kappa shape index (κ2) is 13.5. The molecule has 20 heteroatoms. The zero-order valence-corrected chi connectivity index (χ0v) is 28.1. The number of nitrogens with zero attached hydrogens (tertiary/aromatic N) is 1. The van der Waals surface area contributed by atoms with E-state index in [0.29, 0.717) is 0 Å². The molecule has 0 amide bonds. The van der Waals surface area contributed by atoms with Crippen LogP contribution < -0.4 is 11.2 Å². The van der Waals surface area contributed by atoms with Gasteiger partial charge >= 0.3 is 20.9 Å². The summed E-state index contributed by atoms with van der Waals surface area (Å²) < 4.78 is 86.7. The number of rotatable bonds is 13. The van der Waals surface area contributed by atoms with Crippen LogP contribution in [0.3, 0.4) is 0 Å². The van der Waals surface area contributed by atoms with Crippen LogP contribution in [-0.4, -0.2) is 113 Å². The maximum atomic E-state index is 14.0. The van der Waals surface area contributed by atoms with Crippen molar-refractivity contribution in [3.05, 3.63) is 33.1 Å². The van der Waals surface area contributed by atoms with Gasteiger partial charge in [-0.2, -0.15) is 0 Å². The van der Waals surface area contributed by atoms with Crippen molar-refractivity contribution in [2.45, 2.75) is 108 Å². The maximum absolute atomic E-state index is 14.0. The molecule has 0 bridgehead atoms. The van der Waals surface area contributed by atoms with E-state index in [1.807, 2.05) is 4.98 Å². The topological polar surface area (TPSA) is 222 Å². The van der Waals surface area contributed by atoms with Gasteiger partial charge in [-0.25, -0.2) is 4.79 Å². The second-order valence-electron chi connectivity index (χ2n) is 12.1. The van der Waals surface area contributed by atoms with Gasteiger partial charge < -0.3 is 56.7 Å². The third-order valence-corrected chi connectivity index (χ3v) is 12.7. The fraction of sp³-hybridized carbons (Fsp3) is 0.846. The minimum absolute atomic E-state index is 0.0737. The Morgan fingerprint density at radius 2 is 1.37 bits per heavy atom. The van der Waals surface area contributed by atoms with Crippen LogP contribution in [0.1, 0.15) is 47.8 Å². The highest BCUT2D eigenvalue weighted by molar-refractivity contribution is 7.71. The smallest absolute Gasteiger partial charge is 0.342 e. The van der Waals surface area contributed by atoms with E-state index in [-0.39, 0.29) is 19.8 Å². The largest absolute Gasteiger partial charge is 0.387 e. The minimum Gasteiger partial charge on any atom is -0.387 e. The Morgan fingerprint density at radius 3 is 1.98 bits per heavy atom.